The van der Waals surface area contributed by atoms with Gasteiger partial charge in [0.15, 0.2) is 0 Å². The molecule has 0 bridgehead atoms. The average molecular weight is 487 g/mol. The van der Waals surface area contributed by atoms with E-state index in [0.717, 1.165) is 0 Å². The molecule has 1 N–H and O–H groups in total. The minimum Gasteiger partial charge on any atom is -0.483 e. The molecule has 0 saturated carbocycles. The van der Waals surface area contributed by atoms with Crippen LogP contribution in [0.5, 0.6) is 5.75 Å². The summed E-state index contributed by atoms with van der Waals surface area (Å²) in [7, 11) is -3.86. The number of ether oxygens (including phenoxy) is 1. The van der Waals surface area contributed by atoms with Crippen LogP contribution in [-0.4, -0.2) is 18.6 Å². The van der Waals surface area contributed by atoms with Gasteiger partial charge in [0.05, 0.1) is 16.3 Å². The number of pyridine rings is 1. The Morgan fingerprint density at radius 2 is 1.77 bits per heavy atom. The third kappa shape index (κ3) is 3.93. The number of rotatable bonds is 4. The Bertz CT molecular complexity index is 1330. The molecule has 2 aromatic carbocycles. The van der Waals surface area contributed by atoms with Crippen molar-refractivity contribution in [3.05, 3.63) is 93.3 Å². The molecular formula is C22H19BrN2O4S. The molecule has 1 aromatic heterocycles. The lowest BCUT2D eigenvalue weighted by Gasteiger charge is -2.31. The lowest BCUT2D eigenvalue weighted by molar-refractivity contribution is 0.157. The Morgan fingerprint density at radius 3 is 2.50 bits per heavy atom. The van der Waals surface area contributed by atoms with Gasteiger partial charge in [-0.25, -0.2) is 8.42 Å². The molecule has 0 unspecified atom stereocenters. The number of hydrogen-bond acceptors (Lipinski definition) is 4. The van der Waals surface area contributed by atoms with E-state index in [1.165, 1.54) is 22.8 Å². The SMILES string of the molecule is CC1(C)C=C(n2ccccc2=O)c2cc(S(=O)(=O)Nc3ccccc3Br)ccc2O1. The van der Waals surface area contributed by atoms with Gasteiger partial charge < -0.3 is 4.74 Å². The predicted molar refractivity (Wildman–Crippen MR) is 120 cm³/mol. The number of nitrogens with one attached hydrogen (secondary N) is 1. The molecular weight excluding hydrogens is 468 g/mol. The van der Waals surface area contributed by atoms with E-state index in [0.29, 0.717) is 27.2 Å². The van der Waals surface area contributed by atoms with Crippen LogP contribution < -0.4 is 15.0 Å². The zero-order valence-corrected chi connectivity index (χ0v) is 18.7. The van der Waals surface area contributed by atoms with Gasteiger partial charge in [0.1, 0.15) is 11.4 Å². The third-order valence-corrected chi connectivity index (χ3v) is 6.65. The fourth-order valence-corrected chi connectivity index (χ4v) is 4.88. The number of para-hydroxylation sites is 1. The number of hydrogen-bond donors (Lipinski definition) is 1. The van der Waals surface area contributed by atoms with Crippen molar-refractivity contribution >= 4 is 37.3 Å². The number of fused-ring (bicyclic) bond motifs is 1. The first kappa shape index (κ1) is 20.4. The van der Waals surface area contributed by atoms with Crippen molar-refractivity contribution in [2.45, 2.75) is 24.3 Å². The maximum Gasteiger partial charge on any atom is 0.261 e. The van der Waals surface area contributed by atoms with E-state index in [2.05, 4.69) is 20.7 Å². The number of anilines is 1. The van der Waals surface area contributed by atoms with Gasteiger partial charge in [-0.15, -0.1) is 0 Å². The van der Waals surface area contributed by atoms with Crippen LogP contribution in [0, 0.1) is 0 Å². The molecule has 2 heterocycles. The Hall–Kier alpha value is -2.84. The van der Waals surface area contributed by atoms with Gasteiger partial charge in [0, 0.05) is 22.3 Å². The molecule has 0 saturated heterocycles. The van der Waals surface area contributed by atoms with Crippen molar-refractivity contribution in [3.63, 3.8) is 0 Å². The fraction of sp³-hybridized carbons (Fsp3) is 0.136. The summed E-state index contributed by atoms with van der Waals surface area (Å²) < 4.78 is 36.7. The highest BCUT2D eigenvalue weighted by Crippen LogP contribution is 2.38. The van der Waals surface area contributed by atoms with Crippen LogP contribution in [0.25, 0.3) is 5.70 Å². The quantitative estimate of drug-likeness (QED) is 0.589. The van der Waals surface area contributed by atoms with E-state index in [1.54, 1.807) is 48.7 Å². The van der Waals surface area contributed by atoms with Crippen molar-refractivity contribution < 1.29 is 13.2 Å². The van der Waals surface area contributed by atoms with E-state index in [9.17, 15) is 13.2 Å². The summed E-state index contributed by atoms with van der Waals surface area (Å²) in [6.07, 6.45) is 3.47. The molecule has 0 fully saturated rings. The number of benzene rings is 2. The highest BCUT2D eigenvalue weighted by Gasteiger charge is 2.29. The summed E-state index contributed by atoms with van der Waals surface area (Å²) in [6.45, 7) is 3.76. The Labute approximate surface area is 183 Å². The van der Waals surface area contributed by atoms with E-state index in [4.69, 9.17) is 4.74 Å². The summed E-state index contributed by atoms with van der Waals surface area (Å²) in [6, 6.07) is 16.5. The molecule has 6 nitrogen and oxygen atoms in total. The number of nitrogens with zero attached hydrogens (tertiary/aromatic N) is 1. The lowest BCUT2D eigenvalue weighted by Crippen LogP contribution is -2.32. The molecule has 154 valence electrons. The zero-order valence-electron chi connectivity index (χ0n) is 16.3. The van der Waals surface area contributed by atoms with Crippen molar-refractivity contribution in [2.75, 3.05) is 4.72 Å². The van der Waals surface area contributed by atoms with Gasteiger partial charge in [-0.2, -0.15) is 0 Å². The molecule has 0 atom stereocenters. The maximum atomic E-state index is 13.0. The van der Waals surface area contributed by atoms with Gasteiger partial charge in [0.25, 0.3) is 15.6 Å². The molecule has 4 rings (SSSR count). The molecule has 1 aliphatic heterocycles. The molecule has 8 heteroatoms. The minimum absolute atomic E-state index is 0.0650. The van der Waals surface area contributed by atoms with Gasteiger partial charge in [-0.1, -0.05) is 18.2 Å². The fourth-order valence-electron chi connectivity index (χ4n) is 3.26. The molecule has 3 aromatic rings. The third-order valence-electron chi connectivity index (χ3n) is 4.59. The molecule has 1 aliphatic rings. The van der Waals surface area contributed by atoms with Crippen LogP contribution in [0.15, 0.2) is 87.1 Å². The largest absolute Gasteiger partial charge is 0.483 e. The minimum atomic E-state index is -3.86. The second-order valence-corrected chi connectivity index (χ2v) is 9.92. The number of sulfonamides is 1. The first-order chi connectivity index (χ1) is 14.2. The van der Waals surface area contributed by atoms with E-state index >= 15 is 0 Å². The van der Waals surface area contributed by atoms with E-state index in [-0.39, 0.29) is 10.5 Å². The summed E-state index contributed by atoms with van der Waals surface area (Å²) in [5.74, 6) is 0.507. The topological polar surface area (TPSA) is 77.4 Å². The molecule has 0 radical (unpaired) electrons. The second-order valence-electron chi connectivity index (χ2n) is 7.39. The van der Waals surface area contributed by atoms with Crippen molar-refractivity contribution in [1.29, 1.82) is 0 Å². The van der Waals surface area contributed by atoms with Gasteiger partial charge in [-0.3, -0.25) is 14.1 Å². The first-order valence-electron chi connectivity index (χ1n) is 9.18. The van der Waals surface area contributed by atoms with Gasteiger partial charge >= 0.3 is 0 Å². The van der Waals surface area contributed by atoms with E-state index < -0.39 is 15.6 Å². The number of halogens is 1. The van der Waals surface area contributed by atoms with E-state index in [1.807, 2.05) is 19.9 Å². The van der Waals surface area contributed by atoms with Crippen LogP contribution in [0.1, 0.15) is 19.4 Å². The van der Waals surface area contributed by atoms with Crippen molar-refractivity contribution in [1.82, 2.24) is 4.57 Å². The monoisotopic (exact) mass is 486 g/mol. The summed E-state index contributed by atoms with van der Waals surface area (Å²) >= 11 is 3.35. The van der Waals surface area contributed by atoms with Crippen LogP contribution in [0.4, 0.5) is 5.69 Å². The molecule has 30 heavy (non-hydrogen) atoms. The second kappa shape index (κ2) is 7.45. The number of aromatic nitrogens is 1. The Morgan fingerprint density at radius 1 is 1.03 bits per heavy atom. The highest BCUT2D eigenvalue weighted by atomic mass is 79.9. The smallest absolute Gasteiger partial charge is 0.261 e. The van der Waals surface area contributed by atoms with Crippen LogP contribution in [0.2, 0.25) is 0 Å². The predicted octanol–water partition coefficient (Wildman–Crippen LogP) is 4.47. The Kier molecular flexibility index (Phi) is 5.07. The molecule has 0 aliphatic carbocycles. The first-order valence-corrected chi connectivity index (χ1v) is 11.5. The average Bonchev–Trinajstić information content (AvgIpc) is 2.68. The molecule has 0 spiro atoms. The summed E-state index contributed by atoms with van der Waals surface area (Å²) in [4.78, 5) is 12.5. The summed E-state index contributed by atoms with van der Waals surface area (Å²) in [5, 5.41) is 0. The van der Waals surface area contributed by atoms with Crippen molar-refractivity contribution in [3.8, 4) is 5.75 Å². The standard InChI is InChI=1S/C22H19BrN2O4S/c1-22(2)14-19(25-12-6-5-9-21(25)26)16-13-15(10-11-20(16)29-22)30(27,28)24-18-8-4-3-7-17(18)23/h3-14,24H,1-2H3. The summed E-state index contributed by atoms with van der Waals surface area (Å²) in [5.41, 5.74) is 0.655. The highest BCUT2D eigenvalue weighted by molar-refractivity contribution is 9.10. The van der Waals surface area contributed by atoms with Crippen LogP contribution >= 0.6 is 15.9 Å². The molecule has 0 amide bonds. The van der Waals surface area contributed by atoms with Gasteiger partial charge in [-0.05, 0) is 72.3 Å². The Balaban J connectivity index is 1.83. The van der Waals surface area contributed by atoms with Crippen molar-refractivity contribution in [2.24, 2.45) is 0 Å². The van der Waals surface area contributed by atoms with Gasteiger partial charge in [0.2, 0.25) is 0 Å². The maximum absolute atomic E-state index is 13.0. The zero-order chi connectivity index (χ0) is 21.5. The van der Waals surface area contributed by atoms with Crippen LogP contribution in [0.3, 0.4) is 0 Å². The lowest BCUT2D eigenvalue weighted by atomic mass is 9.99. The van der Waals surface area contributed by atoms with Crippen LogP contribution in [-0.2, 0) is 10.0 Å². The normalized spacial score (nSPS) is 15.0.